The fourth-order valence-electron chi connectivity index (χ4n) is 2.76. The third-order valence-corrected chi connectivity index (χ3v) is 4.15. The SMILES string of the molecule is CC(C)CN=C(N)NCC(c1cccc(Cl)c1)N1CCCC1. The maximum atomic E-state index is 6.16. The molecule has 0 amide bonds. The molecule has 1 heterocycles. The van der Waals surface area contributed by atoms with Crippen LogP contribution in [0.15, 0.2) is 29.3 Å². The molecule has 1 aliphatic rings. The van der Waals surface area contributed by atoms with Crippen molar-refractivity contribution in [3.8, 4) is 0 Å². The van der Waals surface area contributed by atoms with Crippen molar-refractivity contribution >= 4 is 17.6 Å². The largest absolute Gasteiger partial charge is 0.370 e. The molecule has 3 N–H and O–H groups in total. The van der Waals surface area contributed by atoms with Gasteiger partial charge in [-0.05, 0) is 49.5 Å². The number of nitrogens with two attached hydrogens (primary N) is 1. The van der Waals surface area contributed by atoms with E-state index in [4.69, 9.17) is 17.3 Å². The van der Waals surface area contributed by atoms with E-state index in [1.165, 1.54) is 18.4 Å². The Labute approximate surface area is 138 Å². The highest BCUT2D eigenvalue weighted by atomic mass is 35.5. The molecule has 4 nitrogen and oxygen atoms in total. The normalized spacial score (nSPS) is 17.9. The number of nitrogens with zero attached hydrogens (tertiary/aromatic N) is 2. The third kappa shape index (κ3) is 5.18. The second-order valence-corrected chi connectivity index (χ2v) is 6.75. The fourth-order valence-corrected chi connectivity index (χ4v) is 2.96. The van der Waals surface area contributed by atoms with Crippen LogP contribution < -0.4 is 11.1 Å². The molecule has 1 aromatic carbocycles. The molecule has 22 heavy (non-hydrogen) atoms. The second kappa shape index (κ2) is 8.39. The number of likely N-dealkylation sites (tertiary alicyclic amines) is 1. The Balaban J connectivity index is 2.03. The molecule has 0 spiro atoms. The van der Waals surface area contributed by atoms with Gasteiger partial charge in [0.25, 0.3) is 0 Å². The lowest BCUT2D eigenvalue weighted by atomic mass is 10.1. The standard InChI is InChI=1S/C17H27ClN4/c1-13(2)11-20-17(19)21-12-16(22-8-3-4-9-22)14-6-5-7-15(18)10-14/h5-7,10,13,16H,3-4,8-9,11-12H2,1-2H3,(H3,19,20,21). The molecular weight excluding hydrogens is 296 g/mol. The first-order chi connectivity index (χ1) is 10.6. The number of hydrogen-bond acceptors (Lipinski definition) is 2. The van der Waals surface area contributed by atoms with Gasteiger partial charge < -0.3 is 11.1 Å². The number of rotatable bonds is 6. The quantitative estimate of drug-likeness (QED) is 0.625. The molecule has 0 bridgehead atoms. The Hall–Kier alpha value is -1.26. The van der Waals surface area contributed by atoms with Gasteiger partial charge in [-0.15, -0.1) is 0 Å². The number of guanidine groups is 1. The maximum Gasteiger partial charge on any atom is 0.188 e. The smallest absolute Gasteiger partial charge is 0.188 e. The lowest BCUT2D eigenvalue weighted by Crippen LogP contribution is -2.40. The second-order valence-electron chi connectivity index (χ2n) is 6.31. The molecule has 1 fully saturated rings. The molecule has 1 unspecified atom stereocenters. The van der Waals surface area contributed by atoms with Gasteiger partial charge in [-0.2, -0.15) is 0 Å². The molecule has 0 radical (unpaired) electrons. The Morgan fingerprint density at radius 2 is 2.09 bits per heavy atom. The summed E-state index contributed by atoms with van der Waals surface area (Å²) in [5.41, 5.74) is 7.21. The van der Waals surface area contributed by atoms with Crippen molar-refractivity contribution in [3.63, 3.8) is 0 Å². The van der Waals surface area contributed by atoms with Crippen LogP contribution in [-0.4, -0.2) is 37.0 Å². The van der Waals surface area contributed by atoms with Crippen LogP contribution in [0.25, 0.3) is 0 Å². The zero-order valence-electron chi connectivity index (χ0n) is 13.6. The highest BCUT2D eigenvalue weighted by Gasteiger charge is 2.23. The zero-order valence-corrected chi connectivity index (χ0v) is 14.3. The van der Waals surface area contributed by atoms with Crippen molar-refractivity contribution in [2.24, 2.45) is 16.6 Å². The Kier molecular flexibility index (Phi) is 6.52. The van der Waals surface area contributed by atoms with E-state index in [0.717, 1.165) is 31.2 Å². The minimum absolute atomic E-state index is 0.286. The Morgan fingerprint density at radius 3 is 2.73 bits per heavy atom. The van der Waals surface area contributed by atoms with Crippen LogP contribution in [-0.2, 0) is 0 Å². The molecule has 5 heteroatoms. The molecule has 1 aromatic rings. The summed E-state index contributed by atoms with van der Waals surface area (Å²) in [6.07, 6.45) is 2.52. The Morgan fingerprint density at radius 1 is 1.36 bits per heavy atom. The first kappa shape index (κ1) is 17.1. The number of halogens is 1. The van der Waals surface area contributed by atoms with Crippen molar-refractivity contribution in [1.82, 2.24) is 10.2 Å². The van der Waals surface area contributed by atoms with Crippen LogP contribution in [0.3, 0.4) is 0 Å². The van der Waals surface area contributed by atoms with Crippen LogP contribution in [0, 0.1) is 5.92 Å². The van der Waals surface area contributed by atoms with E-state index in [0.29, 0.717) is 11.9 Å². The summed E-state index contributed by atoms with van der Waals surface area (Å²) in [6, 6.07) is 8.40. The van der Waals surface area contributed by atoms with E-state index in [2.05, 4.69) is 35.1 Å². The van der Waals surface area contributed by atoms with Crippen LogP contribution in [0.2, 0.25) is 5.02 Å². The molecule has 122 valence electrons. The number of hydrogen-bond donors (Lipinski definition) is 2. The van der Waals surface area contributed by atoms with Crippen molar-refractivity contribution in [2.75, 3.05) is 26.2 Å². The monoisotopic (exact) mass is 322 g/mol. The van der Waals surface area contributed by atoms with Crippen LogP contribution in [0.1, 0.15) is 38.3 Å². The van der Waals surface area contributed by atoms with Gasteiger partial charge in [-0.25, -0.2) is 0 Å². The van der Waals surface area contributed by atoms with Crippen molar-refractivity contribution in [3.05, 3.63) is 34.9 Å². The summed E-state index contributed by atoms with van der Waals surface area (Å²) < 4.78 is 0. The van der Waals surface area contributed by atoms with Gasteiger partial charge in [0.05, 0.1) is 6.04 Å². The average molecular weight is 323 g/mol. The predicted molar refractivity (Wildman–Crippen MR) is 94.3 cm³/mol. The van der Waals surface area contributed by atoms with E-state index in [-0.39, 0.29) is 6.04 Å². The van der Waals surface area contributed by atoms with Gasteiger partial charge in [0.15, 0.2) is 5.96 Å². The van der Waals surface area contributed by atoms with E-state index in [1.54, 1.807) is 0 Å². The summed E-state index contributed by atoms with van der Waals surface area (Å²) in [6.45, 7) is 8.04. The fraction of sp³-hybridized carbons (Fsp3) is 0.588. The van der Waals surface area contributed by atoms with Crippen molar-refractivity contribution < 1.29 is 0 Å². The molecule has 1 saturated heterocycles. The molecule has 0 aromatic heterocycles. The molecule has 0 saturated carbocycles. The van der Waals surface area contributed by atoms with Crippen LogP contribution in [0.5, 0.6) is 0 Å². The average Bonchev–Trinajstić information content (AvgIpc) is 2.99. The highest BCUT2D eigenvalue weighted by molar-refractivity contribution is 6.30. The van der Waals surface area contributed by atoms with Crippen molar-refractivity contribution in [1.29, 1.82) is 0 Å². The summed E-state index contributed by atoms with van der Waals surface area (Å²) in [7, 11) is 0. The Bertz CT molecular complexity index is 495. The van der Waals surface area contributed by atoms with Gasteiger partial charge in [-0.1, -0.05) is 37.6 Å². The summed E-state index contributed by atoms with van der Waals surface area (Å²) in [5, 5.41) is 4.06. The van der Waals surface area contributed by atoms with E-state index in [1.807, 2.05) is 18.2 Å². The molecule has 2 rings (SSSR count). The molecule has 1 aliphatic heterocycles. The lowest BCUT2D eigenvalue weighted by Gasteiger charge is -2.28. The van der Waals surface area contributed by atoms with E-state index >= 15 is 0 Å². The molecule has 0 aliphatic carbocycles. The van der Waals surface area contributed by atoms with Gasteiger partial charge >= 0.3 is 0 Å². The van der Waals surface area contributed by atoms with Gasteiger partial charge in [-0.3, -0.25) is 9.89 Å². The van der Waals surface area contributed by atoms with E-state index < -0.39 is 0 Å². The zero-order chi connectivity index (χ0) is 15.9. The van der Waals surface area contributed by atoms with Gasteiger partial charge in [0.2, 0.25) is 0 Å². The molecule has 1 atom stereocenters. The molecular formula is C17H27ClN4. The topological polar surface area (TPSA) is 53.6 Å². The number of nitrogens with one attached hydrogen (secondary N) is 1. The van der Waals surface area contributed by atoms with Crippen LogP contribution in [0.4, 0.5) is 0 Å². The van der Waals surface area contributed by atoms with Crippen molar-refractivity contribution in [2.45, 2.75) is 32.7 Å². The first-order valence-corrected chi connectivity index (χ1v) is 8.47. The summed E-state index contributed by atoms with van der Waals surface area (Å²) in [4.78, 5) is 6.87. The maximum absolute atomic E-state index is 6.16. The first-order valence-electron chi connectivity index (χ1n) is 8.09. The van der Waals surface area contributed by atoms with Gasteiger partial charge in [0, 0.05) is 18.1 Å². The van der Waals surface area contributed by atoms with Gasteiger partial charge in [0.1, 0.15) is 0 Å². The lowest BCUT2D eigenvalue weighted by molar-refractivity contribution is 0.245. The third-order valence-electron chi connectivity index (χ3n) is 3.92. The minimum atomic E-state index is 0.286. The number of aliphatic imine (C=N–C) groups is 1. The van der Waals surface area contributed by atoms with E-state index in [9.17, 15) is 0 Å². The highest BCUT2D eigenvalue weighted by Crippen LogP contribution is 2.26. The summed E-state index contributed by atoms with van der Waals surface area (Å²) in [5.74, 6) is 1.04. The summed E-state index contributed by atoms with van der Waals surface area (Å²) >= 11 is 6.16. The van der Waals surface area contributed by atoms with Crippen LogP contribution >= 0.6 is 11.6 Å². The predicted octanol–water partition coefficient (Wildman–Crippen LogP) is 3.04. The minimum Gasteiger partial charge on any atom is -0.370 e. The number of benzene rings is 1.